The molecule has 2 aromatic carbocycles. The Morgan fingerprint density at radius 2 is 2.09 bits per heavy atom. The monoisotopic (exact) mass is 372 g/mol. The van der Waals surface area contributed by atoms with Gasteiger partial charge in [-0.25, -0.2) is 0 Å². The van der Waals surface area contributed by atoms with E-state index < -0.39 is 0 Å². The normalized spacial score (nSPS) is 10.5. The van der Waals surface area contributed by atoms with Gasteiger partial charge in [-0.05, 0) is 30.7 Å². The van der Waals surface area contributed by atoms with Crippen LogP contribution in [-0.4, -0.2) is 16.4 Å². The number of halogens is 1. The summed E-state index contributed by atoms with van der Waals surface area (Å²) < 4.78 is 11.6. The maximum absolute atomic E-state index is 11.1. The van der Waals surface area contributed by atoms with Crippen LogP contribution >= 0.6 is 15.9 Å². The third-order valence-electron chi connectivity index (χ3n) is 3.30. The largest absolute Gasteiger partial charge is 0.483 e. The molecule has 0 amide bonds. The standard InChI is InChI=1S/C17H13BrN2O3/c1-11-4-2-3-5-14(11)17-19-16(23-20-17)10-22-15-7-6-13(18)8-12(15)9-21/h2-9H,10H2,1H3. The molecule has 0 bridgehead atoms. The smallest absolute Gasteiger partial charge is 0.264 e. The van der Waals surface area contributed by atoms with E-state index in [0.29, 0.717) is 23.0 Å². The van der Waals surface area contributed by atoms with Crippen molar-refractivity contribution in [2.75, 3.05) is 0 Å². The minimum absolute atomic E-state index is 0.0986. The summed E-state index contributed by atoms with van der Waals surface area (Å²) in [4.78, 5) is 15.4. The van der Waals surface area contributed by atoms with Gasteiger partial charge in [0.25, 0.3) is 5.89 Å². The van der Waals surface area contributed by atoms with Gasteiger partial charge in [-0.1, -0.05) is 45.4 Å². The summed E-state index contributed by atoms with van der Waals surface area (Å²) in [6.07, 6.45) is 0.743. The molecule has 0 radical (unpaired) electrons. The Bertz CT molecular complexity index is 845. The fraction of sp³-hybridized carbons (Fsp3) is 0.118. The van der Waals surface area contributed by atoms with Gasteiger partial charge in [-0.3, -0.25) is 4.79 Å². The first-order chi connectivity index (χ1) is 11.2. The summed E-state index contributed by atoms with van der Waals surface area (Å²) in [5, 5.41) is 3.97. The van der Waals surface area contributed by atoms with Crippen LogP contribution in [0, 0.1) is 6.92 Å². The Kier molecular flexibility index (Phi) is 4.52. The van der Waals surface area contributed by atoms with E-state index in [2.05, 4.69) is 26.1 Å². The molecule has 23 heavy (non-hydrogen) atoms. The molecular formula is C17H13BrN2O3. The summed E-state index contributed by atoms with van der Waals surface area (Å²) in [7, 11) is 0. The molecule has 0 atom stereocenters. The van der Waals surface area contributed by atoms with E-state index in [0.717, 1.165) is 21.9 Å². The minimum atomic E-state index is 0.0986. The lowest BCUT2D eigenvalue weighted by Gasteiger charge is -2.06. The first-order valence-corrected chi connectivity index (χ1v) is 7.73. The molecule has 3 aromatic rings. The quantitative estimate of drug-likeness (QED) is 0.628. The first-order valence-electron chi connectivity index (χ1n) is 6.93. The van der Waals surface area contributed by atoms with Gasteiger partial charge in [0.2, 0.25) is 5.82 Å². The van der Waals surface area contributed by atoms with Crippen molar-refractivity contribution < 1.29 is 14.1 Å². The van der Waals surface area contributed by atoms with E-state index in [1.54, 1.807) is 18.2 Å². The van der Waals surface area contributed by atoms with Gasteiger partial charge in [-0.15, -0.1) is 0 Å². The Labute approximate surface area is 141 Å². The van der Waals surface area contributed by atoms with Crippen LogP contribution in [0.3, 0.4) is 0 Å². The Hall–Kier alpha value is -2.47. The zero-order chi connectivity index (χ0) is 16.2. The van der Waals surface area contributed by atoms with Crippen molar-refractivity contribution in [3.63, 3.8) is 0 Å². The number of carbonyl (C=O) groups is 1. The maximum atomic E-state index is 11.1. The van der Waals surface area contributed by atoms with E-state index in [1.807, 2.05) is 31.2 Å². The molecule has 0 saturated carbocycles. The minimum Gasteiger partial charge on any atom is -0.483 e. The highest BCUT2D eigenvalue weighted by molar-refractivity contribution is 9.10. The van der Waals surface area contributed by atoms with Gasteiger partial charge in [0, 0.05) is 10.0 Å². The molecule has 1 aromatic heterocycles. The average molecular weight is 373 g/mol. The average Bonchev–Trinajstić information content (AvgIpc) is 3.02. The van der Waals surface area contributed by atoms with Gasteiger partial charge in [0.1, 0.15) is 5.75 Å². The van der Waals surface area contributed by atoms with Crippen molar-refractivity contribution in [1.29, 1.82) is 0 Å². The number of aldehydes is 1. The summed E-state index contributed by atoms with van der Waals surface area (Å²) in [5.41, 5.74) is 2.44. The van der Waals surface area contributed by atoms with Crippen molar-refractivity contribution >= 4 is 22.2 Å². The van der Waals surface area contributed by atoms with Gasteiger partial charge in [0.05, 0.1) is 5.56 Å². The molecule has 0 aliphatic carbocycles. The highest BCUT2D eigenvalue weighted by Gasteiger charge is 2.12. The number of ether oxygens (including phenoxy) is 1. The van der Waals surface area contributed by atoms with Crippen molar-refractivity contribution in [1.82, 2.24) is 10.1 Å². The van der Waals surface area contributed by atoms with Crippen LogP contribution in [0.4, 0.5) is 0 Å². The molecule has 0 fully saturated rings. The maximum Gasteiger partial charge on any atom is 0.264 e. The van der Waals surface area contributed by atoms with E-state index in [9.17, 15) is 4.79 Å². The SMILES string of the molecule is Cc1ccccc1-c1noc(COc2ccc(Br)cc2C=O)n1. The number of aryl methyl sites for hydroxylation is 1. The molecule has 3 rings (SSSR count). The summed E-state index contributed by atoms with van der Waals surface area (Å²) in [5.74, 6) is 1.34. The van der Waals surface area contributed by atoms with E-state index in [4.69, 9.17) is 9.26 Å². The predicted octanol–water partition coefficient (Wildman–Crippen LogP) is 4.20. The molecular weight excluding hydrogens is 360 g/mol. The Balaban J connectivity index is 1.75. The second-order valence-corrected chi connectivity index (χ2v) is 5.83. The highest BCUT2D eigenvalue weighted by Crippen LogP contribution is 2.23. The van der Waals surface area contributed by atoms with Gasteiger partial charge in [0.15, 0.2) is 12.9 Å². The van der Waals surface area contributed by atoms with Crippen molar-refractivity contribution in [2.24, 2.45) is 0 Å². The van der Waals surface area contributed by atoms with Crippen LogP contribution in [0.1, 0.15) is 21.8 Å². The fourth-order valence-corrected chi connectivity index (χ4v) is 2.51. The lowest BCUT2D eigenvalue weighted by molar-refractivity contribution is 0.111. The topological polar surface area (TPSA) is 65.2 Å². The van der Waals surface area contributed by atoms with Gasteiger partial charge < -0.3 is 9.26 Å². The van der Waals surface area contributed by atoms with Crippen molar-refractivity contribution in [2.45, 2.75) is 13.5 Å². The third kappa shape index (κ3) is 3.48. The molecule has 1 heterocycles. The summed E-state index contributed by atoms with van der Waals surface area (Å²) in [6.45, 7) is 2.08. The van der Waals surface area contributed by atoms with Crippen molar-refractivity contribution in [3.8, 4) is 17.1 Å². The molecule has 0 N–H and O–H groups in total. The molecule has 0 saturated heterocycles. The number of hydrogen-bond acceptors (Lipinski definition) is 5. The lowest BCUT2D eigenvalue weighted by atomic mass is 10.1. The number of carbonyl (C=O) groups excluding carboxylic acids is 1. The molecule has 0 aliphatic heterocycles. The second-order valence-electron chi connectivity index (χ2n) is 4.92. The lowest BCUT2D eigenvalue weighted by Crippen LogP contribution is -1.98. The number of benzene rings is 2. The van der Waals surface area contributed by atoms with Crippen LogP contribution in [0.5, 0.6) is 5.75 Å². The van der Waals surface area contributed by atoms with E-state index >= 15 is 0 Å². The van der Waals surface area contributed by atoms with Crippen LogP contribution in [0.25, 0.3) is 11.4 Å². The van der Waals surface area contributed by atoms with Crippen LogP contribution in [-0.2, 0) is 6.61 Å². The Morgan fingerprint density at radius 1 is 1.26 bits per heavy atom. The Morgan fingerprint density at radius 3 is 2.87 bits per heavy atom. The first kappa shape index (κ1) is 15.4. The molecule has 116 valence electrons. The number of aromatic nitrogens is 2. The second kappa shape index (κ2) is 6.75. The van der Waals surface area contributed by atoms with E-state index in [-0.39, 0.29) is 6.61 Å². The third-order valence-corrected chi connectivity index (χ3v) is 3.80. The number of rotatable bonds is 5. The van der Waals surface area contributed by atoms with Crippen LogP contribution in [0.15, 0.2) is 51.5 Å². The fourth-order valence-electron chi connectivity index (χ4n) is 2.13. The molecule has 5 nitrogen and oxygen atoms in total. The zero-order valence-electron chi connectivity index (χ0n) is 12.3. The van der Waals surface area contributed by atoms with Gasteiger partial charge >= 0.3 is 0 Å². The highest BCUT2D eigenvalue weighted by atomic mass is 79.9. The summed E-state index contributed by atoms with van der Waals surface area (Å²) in [6, 6.07) is 13.0. The number of nitrogens with zero attached hydrogens (tertiary/aromatic N) is 2. The molecule has 0 aliphatic rings. The summed E-state index contributed by atoms with van der Waals surface area (Å²) >= 11 is 3.31. The van der Waals surface area contributed by atoms with E-state index in [1.165, 1.54) is 0 Å². The molecule has 0 spiro atoms. The van der Waals surface area contributed by atoms with Crippen LogP contribution in [0.2, 0.25) is 0 Å². The number of hydrogen-bond donors (Lipinski definition) is 0. The zero-order valence-corrected chi connectivity index (χ0v) is 13.9. The predicted molar refractivity (Wildman–Crippen MR) is 88.3 cm³/mol. The van der Waals surface area contributed by atoms with Crippen LogP contribution < -0.4 is 4.74 Å². The van der Waals surface area contributed by atoms with Gasteiger partial charge in [-0.2, -0.15) is 4.98 Å². The molecule has 6 heteroatoms. The molecule has 0 unspecified atom stereocenters. The van der Waals surface area contributed by atoms with Crippen molar-refractivity contribution in [3.05, 3.63) is 64.0 Å².